The zero-order valence-electron chi connectivity index (χ0n) is 14.8. The van der Waals surface area contributed by atoms with Gasteiger partial charge in [-0.3, -0.25) is 19.8 Å². The number of non-ortho nitro benzene ring substituents is 1. The molecule has 2 aromatic carbocycles. The predicted molar refractivity (Wildman–Crippen MR) is 106 cm³/mol. The molecule has 1 aliphatic heterocycles. The van der Waals surface area contributed by atoms with E-state index in [0.717, 1.165) is 32.7 Å². The second-order valence-corrected chi connectivity index (χ2v) is 6.75. The van der Waals surface area contributed by atoms with Crippen LogP contribution in [0, 0.1) is 10.1 Å². The summed E-state index contributed by atoms with van der Waals surface area (Å²) in [5.41, 5.74) is 1.35. The second-order valence-electron chi connectivity index (χ2n) is 6.34. The maximum absolute atomic E-state index is 12.2. The maximum atomic E-state index is 12.2. The van der Waals surface area contributed by atoms with Crippen molar-refractivity contribution < 1.29 is 9.72 Å². The van der Waals surface area contributed by atoms with Gasteiger partial charge in [0.25, 0.3) is 11.6 Å². The lowest BCUT2D eigenvalue weighted by Gasteiger charge is -2.36. The van der Waals surface area contributed by atoms with Crippen LogP contribution in [0.25, 0.3) is 0 Å². The molecular formula is C19H21ClN4O3. The number of nitrogens with zero attached hydrogens (tertiary/aromatic N) is 3. The molecule has 27 heavy (non-hydrogen) atoms. The van der Waals surface area contributed by atoms with Gasteiger partial charge in [-0.25, -0.2) is 0 Å². The summed E-state index contributed by atoms with van der Waals surface area (Å²) in [5.74, 6) is -0.321. The molecule has 0 saturated carbocycles. The average Bonchev–Trinajstić information content (AvgIpc) is 2.69. The first-order valence-electron chi connectivity index (χ1n) is 8.79. The van der Waals surface area contributed by atoms with E-state index in [1.54, 1.807) is 0 Å². The molecule has 0 unspecified atom stereocenters. The average molecular weight is 389 g/mol. The number of amides is 1. The summed E-state index contributed by atoms with van der Waals surface area (Å²) in [5, 5.41) is 13.6. The molecule has 0 spiro atoms. The normalized spacial score (nSPS) is 14.8. The van der Waals surface area contributed by atoms with Gasteiger partial charge >= 0.3 is 0 Å². The highest BCUT2D eigenvalue weighted by Crippen LogP contribution is 2.22. The minimum atomic E-state index is -0.539. The minimum Gasteiger partial charge on any atom is -0.369 e. The highest BCUT2D eigenvalue weighted by atomic mass is 35.5. The number of nitro groups is 1. The van der Waals surface area contributed by atoms with Crippen LogP contribution in [0.2, 0.25) is 5.02 Å². The monoisotopic (exact) mass is 388 g/mol. The first-order valence-corrected chi connectivity index (χ1v) is 9.17. The van der Waals surface area contributed by atoms with Crippen LogP contribution < -0.4 is 10.2 Å². The fourth-order valence-electron chi connectivity index (χ4n) is 3.09. The smallest absolute Gasteiger partial charge is 0.270 e. The van der Waals surface area contributed by atoms with Gasteiger partial charge in [0.2, 0.25) is 0 Å². The van der Waals surface area contributed by atoms with Crippen molar-refractivity contribution in [2.45, 2.75) is 0 Å². The Bertz CT molecular complexity index is 808. The number of piperazine rings is 1. The predicted octanol–water partition coefficient (Wildman–Crippen LogP) is 2.80. The van der Waals surface area contributed by atoms with Crippen molar-refractivity contribution in [3.63, 3.8) is 0 Å². The van der Waals surface area contributed by atoms with Crippen molar-refractivity contribution in [3.05, 3.63) is 69.2 Å². The van der Waals surface area contributed by atoms with Crippen molar-refractivity contribution in [2.24, 2.45) is 0 Å². The van der Waals surface area contributed by atoms with Crippen LogP contribution in [0.15, 0.2) is 48.5 Å². The molecule has 142 valence electrons. The third-order valence-electron chi connectivity index (χ3n) is 4.62. The molecule has 1 saturated heterocycles. The number of hydrogen-bond donors (Lipinski definition) is 1. The number of rotatable bonds is 6. The van der Waals surface area contributed by atoms with Crippen LogP contribution >= 0.6 is 11.6 Å². The molecule has 0 aromatic heterocycles. The third-order valence-corrected chi connectivity index (χ3v) is 4.93. The number of anilines is 1. The molecule has 7 nitrogen and oxygen atoms in total. The largest absolute Gasteiger partial charge is 0.369 e. The van der Waals surface area contributed by atoms with Crippen LogP contribution in [0.4, 0.5) is 11.4 Å². The molecule has 0 radical (unpaired) electrons. The number of hydrogen-bond acceptors (Lipinski definition) is 5. The van der Waals surface area contributed by atoms with Crippen molar-refractivity contribution in [2.75, 3.05) is 44.2 Å². The molecule has 1 aliphatic rings. The Morgan fingerprint density at radius 2 is 1.81 bits per heavy atom. The first-order chi connectivity index (χ1) is 13.0. The standard InChI is InChI=1S/C19H21ClN4O3/c20-18-14-16(24(26)27)6-7-17(18)19(25)21-8-9-22-10-12-23(13-11-22)15-4-2-1-3-5-15/h1-7,14H,8-13H2,(H,21,25). The Hall–Kier alpha value is -2.64. The van der Waals surface area contributed by atoms with E-state index in [-0.39, 0.29) is 22.2 Å². The highest BCUT2D eigenvalue weighted by molar-refractivity contribution is 6.34. The van der Waals surface area contributed by atoms with Gasteiger partial charge in [-0.1, -0.05) is 29.8 Å². The zero-order valence-corrected chi connectivity index (χ0v) is 15.6. The van der Waals surface area contributed by atoms with Crippen molar-refractivity contribution in [1.82, 2.24) is 10.2 Å². The Morgan fingerprint density at radius 3 is 2.44 bits per heavy atom. The molecule has 8 heteroatoms. The molecule has 1 fully saturated rings. The van der Waals surface area contributed by atoms with Crippen LogP contribution in [0.5, 0.6) is 0 Å². The lowest BCUT2D eigenvalue weighted by Crippen LogP contribution is -2.48. The SMILES string of the molecule is O=C(NCCN1CCN(c2ccccc2)CC1)c1ccc([N+](=O)[O-])cc1Cl. The van der Waals surface area contributed by atoms with Gasteiger partial charge in [0.05, 0.1) is 15.5 Å². The Morgan fingerprint density at radius 1 is 1.11 bits per heavy atom. The van der Waals surface area contributed by atoms with Gasteiger partial charge in [0, 0.05) is 57.1 Å². The molecule has 1 amide bonds. The summed E-state index contributed by atoms with van der Waals surface area (Å²) in [6.45, 7) is 5.01. The number of carbonyl (C=O) groups excluding carboxylic acids is 1. The summed E-state index contributed by atoms with van der Waals surface area (Å²) in [6, 6.07) is 14.2. The topological polar surface area (TPSA) is 78.7 Å². The summed E-state index contributed by atoms with van der Waals surface area (Å²) in [6.07, 6.45) is 0. The Kier molecular flexibility index (Phi) is 6.26. The molecule has 1 N–H and O–H groups in total. The van der Waals surface area contributed by atoms with E-state index in [9.17, 15) is 14.9 Å². The number of para-hydroxylation sites is 1. The third kappa shape index (κ3) is 4.96. The van der Waals surface area contributed by atoms with Crippen LogP contribution in [0.1, 0.15) is 10.4 Å². The molecule has 0 aliphatic carbocycles. The maximum Gasteiger partial charge on any atom is 0.270 e. The number of benzene rings is 2. The van der Waals surface area contributed by atoms with Gasteiger partial charge in [-0.2, -0.15) is 0 Å². The van der Waals surface area contributed by atoms with E-state index in [2.05, 4.69) is 27.2 Å². The van der Waals surface area contributed by atoms with Crippen molar-refractivity contribution in [3.8, 4) is 0 Å². The van der Waals surface area contributed by atoms with Gasteiger partial charge in [0.1, 0.15) is 0 Å². The number of halogens is 1. The molecule has 0 bridgehead atoms. The van der Waals surface area contributed by atoms with Crippen LogP contribution in [0.3, 0.4) is 0 Å². The van der Waals surface area contributed by atoms with E-state index in [0.29, 0.717) is 6.54 Å². The Labute approximate surface area is 162 Å². The molecule has 3 rings (SSSR count). The quantitative estimate of drug-likeness (QED) is 0.608. The highest BCUT2D eigenvalue weighted by Gasteiger charge is 2.18. The molecule has 1 heterocycles. The van der Waals surface area contributed by atoms with Crippen molar-refractivity contribution in [1.29, 1.82) is 0 Å². The summed E-state index contributed by atoms with van der Waals surface area (Å²) < 4.78 is 0. The Balaban J connectivity index is 1.44. The zero-order chi connectivity index (χ0) is 19.2. The van der Waals surface area contributed by atoms with Crippen LogP contribution in [-0.2, 0) is 0 Å². The lowest BCUT2D eigenvalue weighted by molar-refractivity contribution is -0.384. The van der Waals surface area contributed by atoms with E-state index >= 15 is 0 Å². The summed E-state index contributed by atoms with van der Waals surface area (Å²) in [4.78, 5) is 27.1. The van der Waals surface area contributed by atoms with Crippen LogP contribution in [-0.4, -0.2) is 55.0 Å². The van der Waals surface area contributed by atoms with E-state index in [1.807, 2.05) is 18.2 Å². The molecule has 2 aromatic rings. The van der Waals surface area contributed by atoms with Gasteiger partial charge in [-0.05, 0) is 18.2 Å². The number of carbonyl (C=O) groups is 1. The number of nitro benzene ring substituents is 1. The van der Waals surface area contributed by atoms with E-state index in [4.69, 9.17) is 11.6 Å². The lowest BCUT2D eigenvalue weighted by atomic mass is 10.2. The summed E-state index contributed by atoms with van der Waals surface area (Å²) >= 11 is 5.99. The molecule has 0 atom stereocenters. The van der Waals surface area contributed by atoms with Crippen molar-refractivity contribution >= 4 is 28.9 Å². The number of nitrogens with one attached hydrogen (secondary N) is 1. The van der Waals surface area contributed by atoms with Gasteiger partial charge in [0.15, 0.2) is 0 Å². The fourth-order valence-corrected chi connectivity index (χ4v) is 3.35. The van der Waals surface area contributed by atoms with Gasteiger partial charge in [-0.15, -0.1) is 0 Å². The first kappa shape index (κ1) is 19.1. The van der Waals surface area contributed by atoms with Gasteiger partial charge < -0.3 is 10.2 Å². The van der Waals surface area contributed by atoms with E-state index in [1.165, 1.54) is 23.9 Å². The fraction of sp³-hybridized carbons (Fsp3) is 0.316. The molecular weight excluding hydrogens is 368 g/mol. The van der Waals surface area contributed by atoms with E-state index < -0.39 is 4.92 Å². The summed E-state index contributed by atoms with van der Waals surface area (Å²) in [7, 11) is 0. The minimum absolute atomic E-state index is 0.0816. The second kappa shape index (κ2) is 8.83.